The van der Waals surface area contributed by atoms with Crippen LogP contribution in [0.3, 0.4) is 0 Å². The van der Waals surface area contributed by atoms with Crippen LogP contribution in [-0.2, 0) is 20.8 Å². The van der Waals surface area contributed by atoms with E-state index in [9.17, 15) is 19.2 Å². The van der Waals surface area contributed by atoms with Crippen molar-refractivity contribution in [2.45, 2.75) is 18.9 Å². The van der Waals surface area contributed by atoms with Gasteiger partial charge in [0.25, 0.3) is 0 Å². The van der Waals surface area contributed by atoms with Crippen LogP contribution in [-0.4, -0.2) is 47.7 Å². The molecule has 5 amide bonds. The first-order chi connectivity index (χ1) is 12.6. The third-order valence-electron chi connectivity index (χ3n) is 3.30. The lowest BCUT2D eigenvalue weighted by Crippen LogP contribution is -2.55. The Morgan fingerprint density at radius 2 is 1.81 bits per heavy atom. The Morgan fingerprint density at radius 3 is 2.37 bits per heavy atom. The monoisotopic (exact) mass is 378 g/mol. The molecule has 0 heterocycles. The van der Waals surface area contributed by atoms with Crippen LogP contribution in [0.4, 0.5) is 10.5 Å². The number of rotatable bonds is 8. The van der Waals surface area contributed by atoms with Crippen molar-refractivity contribution < 1.29 is 19.2 Å². The van der Waals surface area contributed by atoms with E-state index in [2.05, 4.69) is 15.8 Å². The number of nitrogens with zero attached hydrogens (tertiary/aromatic N) is 2. The number of amides is 5. The van der Waals surface area contributed by atoms with Crippen LogP contribution in [0.25, 0.3) is 0 Å². The highest BCUT2D eigenvalue weighted by atomic mass is 16.2. The average molecular weight is 378 g/mol. The van der Waals surface area contributed by atoms with E-state index in [1.54, 1.807) is 24.3 Å². The fourth-order valence-electron chi connectivity index (χ4n) is 1.95. The quantitative estimate of drug-likeness (QED) is 0.163. The minimum absolute atomic E-state index is 0.0989. The fourth-order valence-corrected chi connectivity index (χ4v) is 1.95. The molecule has 0 unspecified atom stereocenters. The number of guanidine groups is 1. The van der Waals surface area contributed by atoms with E-state index in [0.29, 0.717) is 11.3 Å². The second-order valence-electron chi connectivity index (χ2n) is 5.54. The van der Waals surface area contributed by atoms with Gasteiger partial charge in [-0.1, -0.05) is 12.1 Å². The molecule has 146 valence electrons. The third-order valence-corrected chi connectivity index (χ3v) is 3.30. The molecule has 12 nitrogen and oxygen atoms in total. The normalized spacial score (nSPS) is 11.1. The summed E-state index contributed by atoms with van der Waals surface area (Å²) < 4.78 is 0. The van der Waals surface area contributed by atoms with E-state index in [1.165, 1.54) is 7.05 Å². The molecule has 10 N–H and O–H groups in total. The molecule has 1 aromatic carbocycles. The van der Waals surface area contributed by atoms with E-state index < -0.39 is 36.2 Å². The number of nitrogens with two attached hydrogens (primary N) is 4. The molecule has 1 atom stereocenters. The van der Waals surface area contributed by atoms with Crippen molar-refractivity contribution in [2.75, 3.05) is 7.05 Å². The van der Waals surface area contributed by atoms with Crippen LogP contribution < -0.4 is 33.8 Å². The zero-order valence-corrected chi connectivity index (χ0v) is 14.6. The summed E-state index contributed by atoms with van der Waals surface area (Å²) in [6.07, 6.45) is -0.511. The third kappa shape index (κ3) is 7.39. The minimum Gasteiger partial charge on any atom is -0.370 e. The van der Waals surface area contributed by atoms with Gasteiger partial charge in [-0.05, 0) is 17.7 Å². The predicted octanol–water partition coefficient (Wildman–Crippen LogP) is -2.46. The number of urea groups is 1. The number of benzene rings is 1. The molecule has 12 heteroatoms. The number of carbonyl (C=O) groups excluding carboxylic acids is 4. The van der Waals surface area contributed by atoms with Gasteiger partial charge >= 0.3 is 6.03 Å². The van der Waals surface area contributed by atoms with Gasteiger partial charge in [0, 0.05) is 7.05 Å². The molecule has 1 aromatic rings. The Hall–Kier alpha value is -3.67. The molecular weight excluding hydrogens is 356 g/mol. The highest BCUT2D eigenvalue weighted by Gasteiger charge is 2.21. The molecule has 0 saturated heterocycles. The summed E-state index contributed by atoms with van der Waals surface area (Å²) in [5, 5.41) is 0. The molecule has 0 aliphatic heterocycles. The number of hydrazine groups is 1. The number of aliphatic imine (C=N–C) groups is 1. The van der Waals surface area contributed by atoms with Gasteiger partial charge in [-0.2, -0.15) is 0 Å². The van der Waals surface area contributed by atoms with Crippen molar-refractivity contribution in [3.8, 4) is 0 Å². The zero-order chi connectivity index (χ0) is 20.6. The van der Waals surface area contributed by atoms with Crippen molar-refractivity contribution in [2.24, 2.45) is 27.9 Å². The number of nitrogens with one attached hydrogen (secondary N) is 2. The fraction of sp³-hybridized carbons (Fsp3) is 0.267. The molecule has 0 aliphatic rings. The number of imide groups is 1. The van der Waals surface area contributed by atoms with Gasteiger partial charge in [-0.3, -0.25) is 24.7 Å². The van der Waals surface area contributed by atoms with E-state index in [1.807, 2.05) is 0 Å². The summed E-state index contributed by atoms with van der Waals surface area (Å²) in [7, 11) is 1.24. The molecular formula is C15H22N8O4. The van der Waals surface area contributed by atoms with Gasteiger partial charge in [0.05, 0.1) is 18.5 Å². The van der Waals surface area contributed by atoms with Gasteiger partial charge in [-0.25, -0.2) is 15.2 Å². The number of primary amides is 2. The lowest BCUT2D eigenvalue weighted by molar-refractivity contribution is -0.126. The van der Waals surface area contributed by atoms with Gasteiger partial charge in [0.15, 0.2) is 5.96 Å². The Kier molecular flexibility index (Phi) is 7.69. The summed E-state index contributed by atoms with van der Waals surface area (Å²) in [6.45, 7) is 0. The topological polar surface area (TPSA) is 212 Å². The SMILES string of the molecule is CN(C(=O)Cc1cccc(N=C(N)N)c1)C(=O)NN[C@@H](CC(N)=O)C(N)=O. The molecule has 0 radical (unpaired) electrons. The molecule has 0 fully saturated rings. The predicted molar refractivity (Wildman–Crippen MR) is 96.8 cm³/mol. The Morgan fingerprint density at radius 1 is 1.15 bits per heavy atom. The maximum Gasteiger partial charge on any atom is 0.338 e. The molecule has 1 rings (SSSR count). The highest BCUT2D eigenvalue weighted by molar-refractivity contribution is 5.95. The van der Waals surface area contributed by atoms with E-state index in [4.69, 9.17) is 22.9 Å². The Labute approximate surface area is 154 Å². The van der Waals surface area contributed by atoms with Gasteiger partial charge in [0.2, 0.25) is 17.7 Å². The van der Waals surface area contributed by atoms with Crippen molar-refractivity contribution in [3.05, 3.63) is 29.8 Å². The van der Waals surface area contributed by atoms with Crippen molar-refractivity contribution in [1.29, 1.82) is 0 Å². The lowest BCUT2D eigenvalue weighted by atomic mass is 10.1. The average Bonchev–Trinajstić information content (AvgIpc) is 2.56. The van der Waals surface area contributed by atoms with Crippen molar-refractivity contribution in [3.63, 3.8) is 0 Å². The van der Waals surface area contributed by atoms with Crippen LogP contribution in [0.15, 0.2) is 29.3 Å². The van der Waals surface area contributed by atoms with Crippen LogP contribution >= 0.6 is 0 Å². The van der Waals surface area contributed by atoms with Crippen LogP contribution in [0, 0.1) is 0 Å². The largest absolute Gasteiger partial charge is 0.370 e. The zero-order valence-electron chi connectivity index (χ0n) is 14.6. The number of likely N-dealkylation sites (N-methyl/N-ethyl adjacent to an activating group) is 1. The van der Waals surface area contributed by atoms with Crippen molar-refractivity contribution in [1.82, 2.24) is 15.8 Å². The molecule has 27 heavy (non-hydrogen) atoms. The van der Waals surface area contributed by atoms with Crippen molar-refractivity contribution >= 4 is 35.4 Å². The Bertz CT molecular complexity index is 760. The number of hydrogen-bond donors (Lipinski definition) is 6. The van der Waals surface area contributed by atoms with Gasteiger partial charge < -0.3 is 22.9 Å². The number of carbonyl (C=O) groups is 4. The summed E-state index contributed by atoms with van der Waals surface area (Å²) in [4.78, 5) is 51.0. The number of hydrogen-bond acceptors (Lipinski definition) is 6. The molecule has 0 spiro atoms. The van der Waals surface area contributed by atoms with Gasteiger partial charge in [-0.15, -0.1) is 0 Å². The molecule has 0 bridgehead atoms. The lowest BCUT2D eigenvalue weighted by Gasteiger charge is -2.19. The maximum atomic E-state index is 12.2. The van der Waals surface area contributed by atoms with E-state index in [-0.39, 0.29) is 12.4 Å². The second-order valence-corrected chi connectivity index (χ2v) is 5.54. The van der Waals surface area contributed by atoms with Crippen LogP contribution in [0.5, 0.6) is 0 Å². The first-order valence-corrected chi connectivity index (χ1v) is 7.68. The molecule has 0 saturated carbocycles. The molecule has 0 aromatic heterocycles. The first kappa shape index (κ1) is 21.4. The highest BCUT2D eigenvalue weighted by Crippen LogP contribution is 2.14. The van der Waals surface area contributed by atoms with E-state index in [0.717, 1.165) is 4.90 Å². The summed E-state index contributed by atoms with van der Waals surface area (Å²) in [5.41, 5.74) is 26.1. The minimum atomic E-state index is -1.20. The summed E-state index contributed by atoms with van der Waals surface area (Å²) in [5.74, 6) is -2.34. The van der Waals surface area contributed by atoms with Gasteiger partial charge in [0.1, 0.15) is 6.04 Å². The Balaban J connectivity index is 2.67. The first-order valence-electron chi connectivity index (χ1n) is 7.68. The van der Waals surface area contributed by atoms with Crippen LogP contribution in [0.1, 0.15) is 12.0 Å². The smallest absolute Gasteiger partial charge is 0.338 e. The molecule has 0 aliphatic carbocycles. The van der Waals surface area contributed by atoms with Crippen LogP contribution in [0.2, 0.25) is 0 Å². The van der Waals surface area contributed by atoms with E-state index >= 15 is 0 Å². The second kappa shape index (κ2) is 9.72. The summed E-state index contributed by atoms with van der Waals surface area (Å²) in [6, 6.07) is 4.52. The maximum absolute atomic E-state index is 12.2. The summed E-state index contributed by atoms with van der Waals surface area (Å²) >= 11 is 0. The standard InChI is InChI=1S/C15H22N8O4/c1-23(15(27)22-21-10(13(17)26)7-11(16)24)12(25)6-8-3-2-4-9(5-8)20-14(18)19/h2-5,10,21H,6-7H2,1H3,(H2,16,24)(H2,17,26)(H,22,27)(H4,18,19,20)/t10-/m0/s1.